The number of ether oxygens (including phenoxy) is 2. The Hall–Kier alpha value is -1.22. The SMILES string of the molecule is COCCOc1ccc(F)cc1S(=O)(=O)N1CCCC(N)C1. The number of benzene rings is 1. The lowest BCUT2D eigenvalue weighted by molar-refractivity contribution is 0.144. The molecule has 0 aliphatic carbocycles. The second-order valence-electron chi connectivity index (χ2n) is 5.20. The maximum Gasteiger partial charge on any atom is 0.246 e. The minimum Gasteiger partial charge on any atom is -0.490 e. The number of nitrogens with zero attached hydrogens (tertiary/aromatic N) is 1. The van der Waals surface area contributed by atoms with Gasteiger partial charge < -0.3 is 15.2 Å². The van der Waals surface area contributed by atoms with Gasteiger partial charge in [-0.2, -0.15) is 4.31 Å². The Balaban J connectivity index is 2.30. The van der Waals surface area contributed by atoms with E-state index in [1.807, 2.05) is 0 Å². The van der Waals surface area contributed by atoms with Crippen LogP contribution in [0.5, 0.6) is 5.75 Å². The van der Waals surface area contributed by atoms with Crippen molar-refractivity contribution in [1.82, 2.24) is 4.31 Å². The third kappa shape index (κ3) is 3.95. The van der Waals surface area contributed by atoms with Gasteiger partial charge in [-0.25, -0.2) is 12.8 Å². The van der Waals surface area contributed by atoms with Gasteiger partial charge in [-0.05, 0) is 31.0 Å². The second kappa shape index (κ2) is 7.36. The zero-order chi connectivity index (χ0) is 16.2. The number of hydrogen-bond acceptors (Lipinski definition) is 5. The molecular formula is C14H21FN2O4S. The van der Waals surface area contributed by atoms with Crippen LogP contribution in [0.15, 0.2) is 23.1 Å². The number of sulfonamides is 1. The van der Waals surface area contributed by atoms with E-state index in [0.29, 0.717) is 19.6 Å². The summed E-state index contributed by atoms with van der Waals surface area (Å²) in [5.41, 5.74) is 5.84. The Morgan fingerprint density at radius 1 is 1.41 bits per heavy atom. The highest BCUT2D eigenvalue weighted by atomic mass is 32.2. The molecule has 0 spiro atoms. The van der Waals surface area contributed by atoms with Crippen molar-refractivity contribution in [2.24, 2.45) is 5.73 Å². The van der Waals surface area contributed by atoms with Crippen molar-refractivity contribution >= 4 is 10.0 Å². The summed E-state index contributed by atoms with van der Waals surface area (Å²) >= 11 is 0. The van der Waals surface area contributed by atoms with E-state index in [2.05, 4.69) is 0 Å². The van der Waals surface area contributed by atoms with Gasteiger partial charge in [-0.3, -0.25) is 0 Å². The molecule has 1 aromatic carbocycles. The van der Waals surface area contributed by atoms with Crippen LogP contribution < -0.4 is 10.5 Å². The van der Waals surface area contributed by atoms with Crippen LogP contribution in [-0.4, -0.2) is 52.2 Å². The van der Waals surface area contributed by atoms with Gasteiger partial charge in [0, 0.05) is 26.2 Å². The Bertz CT molecular complexity index is 609. The van der Waals surface area contributed by atoms with E-state index < -0.39 is 15.8 Å². The number of halogens is 1. The molecule has 0 amide bonds. The molecule has 1 atom stereocenters. The summed E-state index contributed by atoms with van der Waals surface area (Å²) in [6.07, 6.45) is 1.47. The zero-order valence-electron chi connectivity index (χ0n) is 12.5. The quantitative estimate of drug-likeness (QED) is 0.785. The molecule has 0 radical (unpaired) electrons. The normalized spacial score (nSPS) is 20.0. The third-order valence-corrected chi connectivity index (χ3v) is 5.38. The lowest BCUT2D eigenvalue weighted by Crippen LogP contribution is -2.45. The van der Waals surface area contributed by atoms with Crippen molar-refractivity contribution in [3.05, 3.63) is 24.0 Å². The number of hydrogen-bond donors (Lipinski definition) is 1. The fraction of sp³-hybridized carbons (Fsp3) is 0.571. The minimum absolute atomic E-state index is 0.123. The molecule has 2 N–H and O–H groups in total. The van der Waals surface area contributed by atoms with E-state index in [0.717, 1.165) is 12.5 Å². The van der Waals surface area contributed by atoms with Crippen molar-refractivity contribution in [1.29, 1.82) is 0 Å². The molecule has 1 fully saturated rings. The second-order valence-corrected chi connectivity index (χ2v) is 7.10. The van der Waals surface area contributed by atoms with Crippen LogP contribution in [0, 0.1) is 5.82 Å². The minimum atomic E-state index is -3.84. The summed E-state index contributed by atoms with van der Waals surface area (Å²) in [5.74, 6) is -0.503. The van der Waals surface area contributed by atoms with Crippen LogP contribution in [0.25, 0.3) is 0 Å². The highest BCUT2D eigenvalue weighted by Crippen LogP contribution is 2.29. The molecule has 1 unspecified atom stereocenters. The number of nitrogens with two attached hydrogens (primary N) is 1. The van der Waals surface area contributed by atoms with Crippen LogP contribution in [-0.2, 0) is 14.8 Å². The van der Waals surface area contributed by atoms with E-state index in [-0.39, 0.29) is 29.8 Å². The van der Waals surface area contributed by atoms with Crippen LogP contribution in [0.2, 0.25) is 0 Å². The molecule has 22 heavy (non-hydrogen) atoms. The largest absolute Gasteiger partial charge is 0.490 e. The molecule has 124 valence electrons. The Morgan fingerprint density at radius 2 is 2.18 bits per heavy atom. The van der Waals surface area contributed by atoms with Crippen molar-refractivity contribution in [2.45, 2.75) is 23.8 Å². The molecule has 2 rings (SSSR count). The Kier molecular flexibility index (Phi) is 5.74. The molecule has 8 heteroatoms. The van der Waals surface area contributed by atoms with E-state index >= 15 is 0 Å². The fourth-order valence-corrected chi connectivity index (χ4v) is 4.05. The molecule has 1 aromatic rings. The Labute approximate surface area is 130 Å². The van der Waals surface area contributed by atoms with Crippen molar-refractivity contribution in [3.63, 3.8) is 0 Å². The van der Waals surface area contributed by atoms with Gasteiger partial charge in [0.05, 0.1) is 6.61 Å². The summed E-state index contributed by atoms with van der Waals surface area (Å²) in [4.78, 5) is -0.169. The molecule has 1 aliphatic rings. The molecular weight excluding hydrogens is 311 g/mol. The molecule has 1 saturated heterocycles. The lowest BCUT2D eigenvalue weighted by Gasteiger charge is -2.30. The maximum atomic E-state index is 13.5. The standard InChI is InChI=1S/C14H21FN2O4S/c1-20-7-8-21-13-5-4-11(15)9-14(13)22(18,19)17-6-2-3-12(16)10-17/h4-5,9,12H,2-3,6-8,10,16H2,1H3. The smallest absolute Gasteiger partial charge is 0.246 e. The first kappa shape index (κ1) is 17.1. The van der Waals surface area contributed by atoms with Gasteiger partial charge in [0.15, 0.2) is 0 Å². The average molecular weight is 332 g/mol. The number of methoxy groups -OCH3 is 1. The van der Waals surface area contributed by atoms with Gasteiger partial charge in [0.1, 0.15) is 23.1 Å². The van der Waals surface area contributed by atoms with E-state index in [1.165, 1.54) is 23.5 Å². The highest BCUT2D eigenvalue weighted by molar-refractivity contribution is 7.89. The molecule has 0 aromatic heterocycles. The van der Waals surface area contributed by atoms with Crippen LogP contribution >= 0.6 is 0 Å². The molecule has 1 heterocycles. The van der Waals surface area contributed by atoms with Gasteiger partial charge in [0.2, 0.25) is 10.0 Å². The van der Waals surface area contributed by atoms with Crippen LogP contribution in [0.4, 0.5) is 4.39 Å². The molecule has 1 aliphatic heterocycles. The predicted octanol–water partition coefficient (Wildman–Crippen LogP) is 0.963. The van der Waals surface area contributed by atoms with Crippen molar-refractivity contribution in [2.75, 3.05) is 33.4 Å². The Morgan fingerprint density at radius 3 is 2.86 bits per heavy atom. The number of piperidine rings is 1. The predicted molar refractivity (Wildman–Crippen MR) is 79.7 cm³/mol. The summed E-state index contributed by atoms with van der Waals surface area (Å²) in [6.45, 7) is 1.11. The van der Waals surface area contributed by atoms with E-state index in [9.17, 15) is 12.8 Å². The molecule has 0 saturated carbocycles. The van der Waals surface area contributed by atoms with Gasteiger partial charge in [-0.1, -0.05) is 0 Å². The molecule has 6 nitrogen and oxygen atoms in total. The van der Waals surface area contributed by atoms with Crippen LogP contribution in [0.1, 0.15) is 12.8 Å². The highest BCUT2D eigenvalue weighted by Gasteiger charge is 2.31. The maximum absolute atomic E-state index is 13.5. The summed E-state index contributed by atoms with van der Waals surface area (Å²) in [7, 11) is -2.32. The van der Waals surface area contributed by atoms with Gasteiger partial charge in [0.25, 0.3) is 0 Å². The van der Waals surface area contributed by atoms with Crippen LogP contribution in [0.3, 0.4) is 0 Å². The van der Waals surface area contributed by atoms with Gasteiger partial charge >= 0.3 is 0 Å². The lowest BCUT2D eigenvalue weighted by atomic mass is 10.1. The summed E-state index contributed by atoms with van der Waals surface area (Å²) < 4.78 is 50.6. The fourth-order valence-electron chi connectivity index (χ4n) is 2.37. The third-order valence-electron chi connectivity index (χ3n) is 3.49. The molecule has 0 bridgehead atoms. The topological polar surface area (TPSA) is 81.9 Å². The zero-order valence-corrected chi connectivity index (χ0v) is 13.3. The first-order valence-corrected chi connectivity index (χ1v) is 8.56. The van der Waals surface area contributed by atoms with Crippen molar-refractivity contribution in [3.8, 4) is 5.75 Å². The van der Waals surface area contributed by atoms with Crippen molar-refractivity contribution < 1.29 is 22.3 Å². The first-order valence-electron chi connectivity index (χ1n) is 7.12. The monoisotopic (exact) mass is 332 g/mol. The first-order chi connectivity index (χ1) is 10.4. The van der Waals surface area contributed by atoms with Gasteiger partial charge in [-0.15, -0.1) is 0 Å². The van der Waals surface area contributed by atoms with E-state index in [1.54, 1.807) is 0 Å². The average Bonchev–Trinajstić information content (AvgIpc) is 2.49. The summed E-state index contributed by atoms with van der Waals surface area (Å²) in [5, 5.41) is 0. The number of rotatable bonds is 6. The van der Waals surface area contributed by atoms with E-state index in [4.69, 9.17) is 15.2 Å². The summed E-state index contributed by atoms with van der Waals surface area (Å²) in [6, 6.07) is 3.28.